The van der Waals surface area contributed by atoms with E-state index in [1.165, 1.54) is 0 Å². The maximum atomic E-state index is 11.3. The zero-order chi connectivity index (χ0) is 8.27. The number of nitriles is 1. The van der Waals surface area contributed by atoms with Crippen LogP contribution < -0.4 is 0 Å². The van der Waals surface area contributed by atoms with E-state index in [1.807, 2.05) is 19.1 Å². The fourth-order valence-corrected chi connectivity index (χ4v) is 1.75. The molecule has 0 aliphatic carbocycles. The van der Waals surface area contributed by atoms with Gasteiger partial charge in [-0.1, -0.05) is 12.2 Å². The van der Waals surface area contributed by atoms with Crippen LogP contribution in [0.25, 0.3) is 0 Å². The largest absolute Gasteiger partial charge is 0.297 e. The lowest BCUT2D eigenvalue weighted by Crippen LogP contribution is -2.19. The van der Waals surface area contributed by atoms with Crippen LogP contribution in [0, 0.1) is 17.2 Å². The topological polar surface area (TPSA) is 40.9 Å². The highest BCUT2D eigenvalue weighted by molar-refractivity contribution is 8.00. The van der Waals surface area contributed by atoms with E-state index < -0.39 is 5.92 Å². The highest BCUT2D eigenvalue weighted by atomic mass is 32.2. The third-order valence-corrected chi connectivity index (χ3v) is 2.73. The van der Waals surface area contributed by atoms with Crippen LogP contribution in [0.5, 0.6) is 0 Å². The molecule has 0 bridgehead atoms. The van der Waals surface area contributed by atoms with Crippen molar-refractivity contribution in [3.63, 3.8) is 0 Å². The first-order chi connectivity index (χ1) is 5.25. The van der Waals surface area contributed by atoms with Crippen molar-refractivity contribution in [3.8, 4) is 6.07 Å². The molecule has 0 aromatic heterocycles. The molecule has 0 amide bonds. The number of ketones is 1. The van der Waals surface area contributed by atoms with Gasteiger partial charge in [0.15, 0.2) is 5.78 Å². The van der Waals surface area contributed by atoms with Crippen LogP contribution in [0.2, 0.25) is 0 Å². The number of nitrogens with zero attached hydrogens (tertiary/aromatic N) is 1. The van der Waals surface area contributed by atoms with Gasteiger partial charge in [-0.3, -0.25) is 4.79 Å². The maximum Gasteiger partial charge on any atom is 0.166 e. The first-order valence-electron chi connectivity index (χ1n) is 3.47. The average molecular weight is 167 g/mol. The lowest BCUT2D eigenvalue weighted by atomic mass is 10.0. The first-order valence-corrected chi connectivity index (χ1v) is 4.52. The second kappa shape index (κ2) is 3.59. The molecule has 2 unspecified atom stereocenters. The molecule has 0 aromatic rings. The van der Waals surface area contributed by atoms with E-state index in [2.05, 4.69) is 0 Å². The van der Waals surface area contributed by atoms with Crippen LogP contribution >= 0.6 is 11.8 Å². The van der Waals surface area contributed by atoms with Gasteiger partial charge in [0.25, 0.3) is 0 Å². The molecule has 11 heavy (non-hydrogen) atoms. The van der Waals surface area contributed by atoms with Crippen molar-refractivity contribution in [2.24, 2.45) is 5.92 Å². The average Bonchev–Trinajstić information content (AvgIpc) is 2.16. The molecule has 0 aromatic carbocycles. The number of rotatable bonds is 0. The van der Waals surface area contributed by atoms with Gasteiger partial charge < -0.3 is 0 Å². The molecule has 2 nitrogen and oxygen atoms in total. The number of hydrogen-bond acceptors (Lipinski definition) is 3. The number of thioether (sulfide) groups is 1. The molecular formula is C8H9NOS. The van der Waals surface area contributed by atoms with Crippen LogP contribution in [-0.4, -0.2) is 16.8 Å². The summed E-state index contributed by atoms with van der Waals surface area (Å²) in [5, 5.41) is 8.54. The summed E-state index contributed by atoms with van der Waals surface area (Å²) in [7, 11) is 0. The van der Waals surface area contributed by atoms with Gasteiger partial charge in [-0.2, -0.15) is 5.26 Å². The van der Waals surface area contributed by atoms with Gasteiger partial charge in [-0.05, 0) is 6.92 Å². The molecule has 1 aliphatic heterocycles. The number of hydrogen-bond donors (Lipinski definition) is 0. The number of Topliss-reactive ketones (excluding diaryl/α,β-unsaturated/α-hetero) is 1. The molecular weight excluding hydrogens is 158 g/mol. The monoisotopic (exact) mass is 167 g/mol. The molecule has 0 spiro atoms. The molecule has 2 atom stereocenters. The minimum Gasteiger partial charge on any atom is -0.297 e. The van der Waals surface area contributed by atoms with Gasteiger partial charge in [0.2, 0.25) is 0 Å². The van der Waals surface area contributed by atoms with Gasteiger partial charge in [-0.15, -0.1) is 11.8 Å². The van der Waals surface area contributed by atoms with E-state index in [4.69, 9.17) is 5.26 Å². The van der Waals surface area contributed by atoms with E-state index in [1.54, 1.807) is 17.8 Å². The van der Waals surface area contributed by atoms with Gasteiger partial charge in [0, 0.05) is 5.75 Å². The Labute approximate surface area is 70.3 Å². The predicted octanol–water partition coefficient (Wildman–Crippen LogP) is 1.39. The van der Waals surface area contributed by atoms with E-state index in [-0.39, 0.29) is 11.0 Å². The summed E-state index contributed by atoms with van der Waals surface area (Å²) >= 11 is 1.58. The molecule has 0 saturated carbocycles. The maximum absolute atomic E-state index is 11.3. The number of allylic oxidation sites excluding steroid dienone is 1. The summed E-state index contributed by atoms with van der Waals surface area (Å²) in [5.41, 5.74) is 0. The summed E-state index contributed by atoms with van der Waals surface area (Å²) in [6.45, 7) is 1.85. The second-order valence-corrected chi connectivity index (χ2v) is 3.79. The van der Waals surface area contributed by atoms with Crippen LogP contribution in [-0.2, 0) is 4.79 Å². The molecule has 1 heterocycles. The fourth-order valence-electron chi connectivity index (χ4n) is 0.928. The Morgan fingerprint density at radius 2 is 2.55 bits per heavy atom. The number of carbonyl (C=O) groups is 1. The molecule has 0 radical (unpaired) electrons. The normalized spacial score (nSPS) is 31.1. The van der Waals surface area contributed by atoms with Crippen molar-refractivity contribution >= 4 is 17.5 Å². The Bertz CT molecular complexity index is 229. The Morgan fingerprint density at radius 3 is 3.18 bits per heavy atom. The quantitative estimate of drug-likeness (QED) is 0.512. The SMILES string of the molecule is CC1SCC=CC(C#N)C1=O. The zero-order valence-corrected chi connectivity index (χ0v) is 7.10. The Morgan fingerprint density at radius 1 is 1.82 bits per heavy atom. The smallest absolute Gasteiger partial charge is 0.166 e. The van der Waals surface area contributed by atoms with Crippen LogP contribution in [0.1, 0.15) is 6.92 Å². The Kier molecular flexibility index (Phi) is 2.72. The molecule has 0 saturated heterocycles. The summed E-state index contributed by atoms with van der Waals surface area (Å²) in [6.07, 6.45) is 3.58. The Balaban J connectivity index is 2.78. The summed E-state index contributed by atoms with van der Waals surface area (Å²) in [5.74, 6) is 0.358. The van der Waals surface area contributed by atoms with Crippen LogP contribution in [0.15, 0.2) is 12.2 Å². The van der Waals surface area contributed by atoms with Crippen molar-refractivity contribution in [1.29, 1.82) is 5.26 Å². The fraction of sp³-hybridized carbons (Fsp3) is 0.500. The summed E-state index contributed by atoms with van der Waals surface area (Å²) in [4.78, 5) is 11.3. The highest BCUT2D eigenvalue weighted by Gasteiger charge is 2.23. The highest BCUT2D eigenvalue weighted by Crippen LogP contribution is 2.19. The van der Waals surface area contributed by atoms with Gasteiger partial charge >= 0.3 is 0 Å². The van der Waals surface area contributed by atoms with Gasteiger partial charge in [0.1, 0.15) is 5.92 Å². The van der Waals surface area contributed by atoms with E-state index in [9.17, 15) is 4.79 Å². The summed E-state index contributed by atoms with van der Waals surface area (Å²) < 4.78 is 0. The third kappa shape index (κ3) is 1.84. The van der Waals surface area contributed by atoms with Crippen LogP contribution in [0.3, 0.4) is 0 Å². The van der Waals surface area contributed by atoms with Crippen LogP contribution in [0.4, 0.5) is 0 Å². The molecule has 3 heteroatoms. The molecule has 0 fully saturated rings. The Hall–Kier alpha value is -0.750. The van der Waals surface area contributed by atoms with Crippen molar-refractivity contribution in [3.05, 3.63) is 12.2 Å². The predicted molar refractivity (Wildman–Crippen MR) is 45.2 cm³/mol. The molecule has 1 rings (SSSR count). The second-order valence-electron chi connectivity index (χ2n) is 2.41. The zero-order valence-electron chi connectivity index (χ0n) is 6.28. The molecule has 0 N–H and O–H groups in total. The van der Waals surface area contributed by atoms with E-state index in [0.717, 1.165) is 5.75 Å². The molecule has 1 aliphatic rings. The standard InChI is InChI=1S/C8H9NOS/c1-6-8(10)7(5-9)3-2-4-11-6/h2-3,6-7H,4H2,1H3. The van der Waals surface area contributed by atoms with Gasteiger partial charge in [-0.25, -0.2) is 0 Å². The van der Waals surface area contributed by atoms with Crippen molar-refractivity contribution in [2.75, 3.05) is 5.75 Å². The van der Waals surface area contributed by atoms with Gasteiger partial charge in [0.05, 0.1) is 11.3 Å². The molecule has 58 valence electrons. The van der Waals surface area contributed by atoms with E-state index >= 15 is 0 Å². The van der Waals surface area contributed by atoms with E-state index in [0.29, 0.717) is 0 Å². The summed E-state index contributed by atoms with van der Waals surface area (Å²) in [6, 6.07) is 1.97. The number of carbonyl (C=O) groups excluding carboxylic acids is 1. The van der Waals surface area contributed by atoms with Crippen molar-refractivity contribution in [2.45, 2.75) is 12.2 Å². The minimum atomic E-state index is -0.514. The first kappa shape index (κ1) is 8.35. The third-order valence-electron chi connectivity index (χ3n) is 1.62. The minimum absolute atomic E-state index is 0.0327. The lowest BCUT2D eigenvalue weighted by Gasteiger charge is -2.06. The van der Waals surface area contributed by atoms with Crippen molar-refractivity contribution < 1.29 is 4.79 Å². The lowest BCUT2D eigenvalue weighted by molar-refractivity contribution is -0.119. The van der Waals surface area contributed by atoms with Crippen molar-refractivity contribution in [1.82, 2.24) is 0 Å².